The van der Waals surface area contributed by atoms with Gasteiger partial charge in [-0.15, -0.1) is 0 Å². The number of hydrogen-bond acceptors (Lipinski definition) is 7. The van der Waals surface area contributed by atoms with Gasteiger partial charge in [-0.1, -0.05) is 121 Å². The molecule has 0 atom stereocenters. The number of hydrogen-bond donors (Lipinski definition) is 0. The van der Waals surface area contributed by atoms with Crippen molar-refractivity contribution in [1.29, 1.82) is 0 Å². The minimum atomic E-state index is -5.01. The van der Waals surface area contributed by atoms with E-state index in [9.17, 15) is 22.6 Å². The average Bonchev–Trinajstić information content (AvgIpc) is 3.00. The summed E-state index contributed by atoms with van der Waals surface area (Å²) in [6.45, 7) is 4.52. The van der Waals surface area contributed by atoms with Crippen molar-refractivity contribution in [1.82, 2.24) is 0 Å². The van der Waals surface area contributed by atoms with Crippen LogP contribution in [0.1, 0.15) is 163 Å². The second kappa shape index (κ2) is 28.7. The molecule has 0 bridgehead atoms. The maximum Gasteiger partial charge on any atom is 1.00 e. The number of allylic oxidation sites excluding steroid dienone is 4. The van der Waals surface area contributed by atoms with E-state index in [1.807, 2.05) is 0 Å². The summed E-state index contributed by atoms with van der Waals surface area (Å²) < 4.78 is 46.3. The summed E-state index contributed by atoms with van der Waals surface area (Å²) >= 11 is 0. The Labute approximate surface area is 296 Å². The van der Waals surface area contributed by atoms with E-state index in [1.165, 1.54) is 63.5 Å². The topological polar surface area (TPSA) is 110 Å². The van der Waals surface area contributed by atoms with Gasteiger partial charge in [-0.25, -0.2) is 18.0 Å². The number of unbranched alkanes of at least 4 members (excludes halogenated alkanes) is 16. The average molecular weight is 657 g/mol. The van der Waals surface area contributed by atoms with Gasteiger partial charge >= 0.3 is 41.5 Å². The van der Waals surface area contributed by atoms with E-state index in [0.29, 0.717) is 12.8 Å². The summed E-state index contributed by atoms with van der Waals surface area (Å²) in [5, 5.41) is 0. The van der Waals surface area contributed by atoms with Crippen LogP contribution < -0.4 is 29.6 Å². The summed E-state index contributed by atoms with van der Waals surface area (Å²) in [6, 6.07) is 3.59. The van der Waals surface area contributed by atoms with Gasteiger partial charge in [0.25, 0.3) is 0 Å². The second-order valence-electron chi connectivity index (χ2n) is 11.4. The third-order valence-corrected chi connectivity index (χ3v) is 8.40. The molecule has 0 spiro atoms. The molecule has 1 aromatic carbocycles. The SMILES string of the molecule is CC/C=C/CCCCCCCCCCOC(=O)c1cccc(S(=O)(=O)[O-])c1C(=O)OCCCCCCCCCC/C=C/CC.[Na+]. The number of carbonyl (C=O) groups is 2. The van der Waals surface area contributed by atoms with Crippen molar-refractivity contribution in [2.45, 2.75) is 147 Å². The quantitative estimate of drug-likeness (QED) is 0.0335. The molecule has 9 heteroatoms. The molecule has 0 unspecified atom stereocenters. The molecule has 0 N–H and O–H groups in total. The van der Waals surface area contributed by atoms with E-state index in [1.54, 1.807) is 0 Å². The van der Waals surface area contributed by atoms with Crippen LogP contribution in [0.25, 0.3) is 0 Å². The fourth-order valence-corrected chi connectivity index (χ4v) is 5.71. The molecule has 0 aliphatic carbocycles. The number of ether oxygens (including phenoxy) is 2. The van der Waals surface area contributed by atoms with E-state index in [4.69, 9.17) is 9.47 Å². The van der Waals surface area contributed by atoms with E-state index >= 15 is 0 Å². The van der Waals surface area contributed by atoms with Gasteiger partial charge in [-0.2, -0.15) is 0 Å². The third kappa shape index (κ3) is 21.9. The van der Waals surface area contributed by atoms with Crippen molar-refractivity contribution in [2.24, 2.45) is 0 Å². The number of esters is 2. The normalized spacial score (nSPS) is 11.6. The van der Waals surface area contributed by atoms with Gasteiger partial charge in [0.2, 0.25) is 0 Å². The Balaban J connectivity index is 0.0000194. The zero-order chi connectivity index (χ0) is 32.3. The van der Waals surface area contributed by atoms with Crippen molar-refractivity contribution >= 4 is 22.1 Å². The van der Waals surface area contributed by atoms with Crippen molar-refractivity contribution in [3.63, 3.8) is 0 Å². The minimum Gasteiger partial charge on any atom is -0.744 e. The van der Waals surface area contributed by atoms with Crippen LogP contribution in [-0.4, -0.2) is 38.1 Å². The Kier molecular flexibility index (Phi) is 27.8. The number of carbonyl (C=O) groups excluding carboxylic acids is 2. The van der Waals surface area contributed by atoms with Crippen molar-refractivity contribution in [3.8, 4) is 0 Å². The van der Waals surface area contributed by atoms with Crippen LogP contribution in [-0.2, 0) is 19.6 Å². The van der Waals surface area contributed by atoms with E-state index < -0.39 is 32.5 Å². The van der Waals surface area contributed by atoms with Crippen LogP contribution in [0.5, 0.6) is 0 Å². The summed E-state index contributed by atoms with van der Waals surface area (Å²) in [7, 11) is -5.01. The second-order valence-corrected chi connectivity index (χ2v) is 12.7. The fourth-order valence-electron chi connectivity index (χ4n) is 5.02. The summed E-state index contributed by atoms with van der Waals surface area (Å²) in [5.41, 5.74) is -0.794. The number of rotatable bonds is 27. The van der Waals surface area contributed by atoms with Crippen molar-refractivity contribution in [3.05, 3.63) is 53.6 Å². The van der Waals surface area contributed by atoms with Crippen LogP contribution in [0.4, 0.5) is 0 Å². The van der Waals surface area contributed by atoms with E-state index in [2.05, 4.69) is 38.2 Å². The van der Waals surface area contributed by atoms with E-state index in [-0.39, 0.29) is 48.3 Å². The van der Waals surface area contributed by atoms with Gasteiger partial charge in [-0.3, -0.25) is 0 Å². The molecule has 0 aliphatic rings. The third-order valence-electron chi connectivity index (χ3n) is 7.52. The van der Waals surface area contributed by atoms with Crippen LogP contribution in [0.2, 0.25) is 0 Å². The monoisotopic (exact) mass is 656 g/mol. The molecule has 45 heavy (non-hydrogen) atoms. The molecule has 0 aliphatic heterocycles. The molecular weight excluding hydrogens is 599 g/mol. The van der Waals surface area contributed by atoms with Gasteiger partial charge in [0.05, 0.1) is 29.2 Å². The summed E-state index contributed by atoms with van der Waals surface area (Å²) in [5.74, 6) is -1.83. The molecule has 1 aromatic rings. The molecule has 0 fully saturated rings. The standard InChI is InChI=1S/C36H58O7S.Na/c1-3-5-7-9-11-13-15-17-19-21-23-25-30-42-35(37)32-28-27-29-33(44(39,40)41)34(32)36(38)43-31-26-24-22-20-18-16-14-12-10-8-6-4-2;/h5-8,27-29H,3-4,9-26,30-31H2,1-2H3,(H,39,40,41);/q;+1/p-1/b7-5+,8-6+;. The maximum absolute atomic E-state index is 12.9. The molecule has 0 saturated heterocycles. The minimum absolute atomic E-state index is 0. The first-order chi connectivity index (χ1) is 21.3. The molecule has 250 valence electrons. The molecule has 0 radical (unpaired) electrons. The predicted octanol–water partition coefficient (Wildman–Crippen LogP) is 6.86. The zero-order valence-electron chi connectivity index (χ0n) is 28.4. The maximum atomic E-state index is 12.9. The Hall–Kier alpha value is -1.45. The van der Waals surface area contributed by atoms with Crippen LogP contribution in [0.3, 0.4) is 0 Å². The molecule has 1 rings (SSSR count). The fraction of sp³-hybridized carbons (Fsp3) is 0.667. The molecule has 0 aromatic heterocycles. The van der Waals surface area contributed by atoms with Crippen LogP contribution in [0.15, 0.2) is 47.4 Å². The van der Waals surface area contributed by atoms with Gasteiger partial charge in [-0.05, 0) is 63.5 Å². The predicted molar refractivity (Wildman–Crippen MR) is 177 cm³/mol. The van der Waals surface area contributed by atoms with Gasteiger partial charge in [0, 0.05) is 0 Å². The molecular formula is C36H57NaO7S. The van der Waals surface area contributed by atoms with Crippen molar-refractivity contribution < 1.29 is 61.6 Å². The Morgan fingerprint density at radius 3 is 1.44 bits per heavy atom. The van der Waals surface area contributed by atoms with Gasteiger partial charge in [0.15, 0.2) is 0 Å². The smallest absolute Gasteiger partial charge is 0.744 e. The first kappa shape index (κ1) is 43.5. The molecule has 0 heterocycles. The molecule has 0 amide bonds. The van der Waals surface area contributed by atoms with E-state index in [0.717, 1.165) is 70.3 Å². The Morgan fingerprint density at radius 2 is 1.02 bits per heavy atom. The Morgan fingerprint density at radius 1 is 0.622 bits per heavy atom. The largest absolute Gasteiger partial charge is 1.00 e. The zero-order valence-corrected chi connectivity index (χ0v) is 31.2. The van der Waals surface area contributed by atoms with Crippen molar-refractivity contribution in [2.75, 3.05) is 13.2 Å². The van der Waals surface area contributed by atoms with Gasteiger partial charge in [0.1, 0.15) is 10.1 Å². The van der Waals surface area contributed by atoms with Crippen LogP contribution >= 0.6 is 0 Å². The first-order valence-electron chi connectivity index (χ1n) is 17.1. The molecule has 0 saturated carbocycles. The summed E-state index contributed by atoms with van der Waals surface area (Å²) in [4.78, 5) is 24.9. The number of benzene rings is 1. The molecule has 7 nitrogen and oxygen atoms in total. The first-order valence-corrected chi connectivity index (χ1v) is 18.5. The summed E-state index contributed by atoms with van der Waals surface area (Å²) in [6.07, 6.45) is 30.5. The Bertz CT molecular complexity index is 1080. The van der Waals surface area contributed by atoms with Crippen LogP contribution in [0, 0.1) is 0 Å². The van der Waals surface area contributed by atoms with Gasteiger partial charge < -0.3 is 14.0 Å².